The summed E-state index contributed by atoms with van der Waals surface area (Å²) in [5, 5.41) is 5.70. The number of rotatable bonds is 17. The Labute approximate surface area is 294 Å². The summed E-state index contributed by atoms with van der Waals surface area (Å²) in [5.41, 5.74) is 3.11. The molecule has 0 atom stereocenters. The molecule has 50 heavy (non-hydrogen) atoms. The Morgan fingerprint density at radius 3 is 2.14 bits per heavy atom. The lowest BCUT2D eigenvalue weighted by atomic mass is 10.0. The van der Waals surface area contributed by atoms with Crippen molar-refractivity contribution in [1.29, 1.82) is 0 Å². The molecule has 0 spiro atoms. The molecule has 1 fully saturated rings. The van der Waals surface area contributed by atoms with E-state index in [9.17, 15) is 19.2 Å². The van der Waals surface area contributed by atoms with Crippen LogP contribution in [-0.2, 0) is 25.6 Å². The minimum absolute atomic E-state index is 0.0850. The maximum Gasteiger partial charge on any atom is 0.411 e. The van der Waals surface area contributed by atoms with E-state index < -0.39 is 29.2 Å². The van der Waals surface area contributed by atoms with Crippen molar-refractivity contribution < 1.29 is 28.7 Å². The number of ether oxygens (including phenoxy) is 2. The molecule has 0 saturated heterocycles. The maximum absolute atomic E-state index is 13.1. The lowest BCUT2D eigenvalue weighted by molar-refractivity contribution is -0.137. The van der Waals surface area contributed by atoms with Crippen LogP contribution in [0.2, 0.25) is 0 Å². The Kier molecular flexibility index (Phi) is 12.9. The molecule has 13 nitrogen and oxygen atoms in total. The van der Waals surface area contributed by atoms with Gasteiger partial charge in [0.05, 0.1) is 38.2 Å². The number of H-pyrrole nitrogens is 1. The molecule has 3 amide bonds. The Hall–Kier alpha value is -4.59. The van der Waals surface area contributed by atoms with E-state index in [2.05, 4.69) is 39.5 Å². The molecule has 2 aromatic carbocycles. The molecule has 1 aromatic heterocycles. The molecule has 0 bridgehead atoms. The minimum Gasteiger partial charge on any atom is -0.444 e. The molecule has 4 rings (SSSR count). The first kappa shape index (κ1) is 38.2. The van der Waals surface area contributed by atoms with Crippen LogP contribution in [0.5, 0.6) is 0 Å². The van der Waals surface area contributed by atoms with Crippen molar-refractivity contribution in [2.75, 3.05) is 54.1 Å². The average molecular weight is 690 g/mol. The highest BCUT2D eigenvalue weighted by molar-refractivity contribution is 6.00. The van der Waals surface area contributed by atoms with Gasteiger partial charge in [0, 0.05) is 19.7 Å². The summed E-state index contributed by atoms with van der Waals surface area (Å²) < 4.78 is 10.8. The van der Waals surface area contributed by atoms with Crippen molar-refractivity contribution >= 4 is 23.7 Å². The molecule has 1 heterocycles. The van der Waals surface area contributed by atoms with Crippen molar-refractivity contribution in [2.24, 2.45) is 0 Å². The first-order valence-electron chi connectivity index (χ1n) is 17.0. The van der Waals surface area contributed by atoms with Crippen LogP contribution in [0.1, 0.15) is 63.1 Å². The van der Waals surface area contributed by atoms with Gasteiger partial charge < -0.3 is 24.7 Å². The standard InChI is InChI=1S/C37H51N7O6/c1-8-19-42(5)23-32-38-20-30(41-32)28-13-9-26(10-14-28)27-11-15-29(16-12-27)31(45)21-39-33(46)24-44(25-43(6)35(48)50-36(2,3)4)34(47)22-40-37(49-7)17-18-37/h9-16,20,40H,8,17-19,21-25H2,1-7H3,(H,38,41)(H,39,46). The van der Waals surface area contributed by atoms with Crippen LogP contribution in [0, 0.1) is 0 Å². The molecule has 270 valence electrons. The van der Waals surface area contributed by atoms with Crippen LogP contribution in [0.15, 0.2) is 54.7 Å². The van der Waals surface area contributed by atoms with Gasteiger partial charge in [-0.25, -0.2) is 9.78 Å². The fourth-order valence-corrected chi connectivity index (χ4v) is 5.29. The number of imidazole rings is 1. The SMILES string of the molecule is CCCN(C)Cc1ncc(-c2ccc(-c3ccc(C(=O)CNC(=O)CN(CN(C)C(=O)OC(C)(C)C)C(=O)CNC4(OC)CC4)cc3)cc2)[nH]1. The second kappa shape index (κ2) is 16.9. The molecule has 0 unspecified atom stereocenters. The van der Waals surface area contributed by atoms with Gasteiger partial charge in [0.2, 0.25) is 11.8 Å². The van der Waals surface area contributed by atoms with E-state index in [1.165, 1.54) is 16.8 Å². The van der Waals surface area contributed by atoms with Crippen LogP contribution in [-0.4, -0.2) is 114 Å². The Balaban J connectivity index is 1.31. The number of Topliss-reactive ketones (excluding diaryl/α,β-unsaturated/α-hetero) is 1. The summed E-state index contributed by atoms with van der Waals surface area (Å²) in [5.74, 6) is -0.291. The van der Waals surface area contributed by atoms with Gasteiger partial charge in [-0.15, -0.1) is 0 Å². The van der Waals surface area contributed by atoms with Gasteiger partial charge in [0.25, 0.3) is 0 Å². The molecule has 3 aromatic rings. The smallest absolute Gasteiger partial charge is 0.411 e. The number of carbonyl (C=O) groups excluding carboxylic acids is 4. The minimum atomic E-state index is -0.727. The van der Waals surface area contributed by atoms with Crippen molar-refractivity contribution in [3.63, 3.8) is 0 Å². The van der Waals surface area contributed by atoms with Crippen molar-refractivity contribution in [3.8, 4) is 22.4 Å². The van der Waals surface area contributed by atoms with Gasteiger partial charge in [0.1, 0.15) is 23.7 Å². The zero-order valence-corrected chi connectivity index (χ0v) is 30.3. The lowest BCUT2D eigenvalue weighted by Crippen LogP contribution is -2.51. The molecule has 0 aliphatic heterocycles. The van der Waals surface area contributed by atoms with Gasteiger partial charge in [-0.1, -0.05) is 55.5 Å². The third-order valence-corrected chi connectivity index (χ3v) is 8.27. The molecular formula is C37H51N7O6. The Bertz CT molecular complexity index is 1610. The van der Waals surface area contributed by atoms with Crippen LogP contribution in [0.4, 0.5) is 4.79 Å². The number of aromatic amines is 1. The van der Waals surface area contributed by atoms with E-state index in [0.29, 0.717) is 5.56 Å². The van der Waals surface area contributed by atoms with Gasteiger partial charge in [-0.05, 0) is 70.3 Å². The zero-order valence-electron chi connectivity index (χ0n) is 30.3. The first-order chi connectivity index (χ1) is 23.7. The molecule has 1 aliphatic carbocycles. The number of ketones is 1. The van der Waals surface area contributed by atoms with Crippen molar-refractivity contribution in [1.82, 2.24) is 35.3 Å². The van der Waals surface area contributed by atoms with E-state index in [1.54, 1.807) is 40.0 Å². The predicted octanol–water partition coefficient (Wildman–Crippen LogP) is 4.26. The van der Waals surface area contributed by atoms with E-state index in [1.807, 2.05) is 42.6 Å². The normalized spacial score (nSPS) is 13.5. The molecular weight excluding hydrogens is 638 g/mol. The molecule has 1 saturated carbocycles. The number of methoxy groups -OCH3 is 1. The second-order valence-corrected chi connectivity index (χ2v) is 13.8. The summed E-state index contributed by atoms with van der Waals surface area (Å²) >= 11 is 0. The summed E-state index contributed by atoms with van der Waals surface area (Å²) in [4.78, 5) is 64.2. The van der Waals surface area contributed by atoms with Crippen LogP contribution in [0.3, 0.4) is 0 Å². The quantitative estimate of drug-likeness (QED) is 0.140. The Morgan fingerprint density at radius 1 is 0.940 bits per heavy atom. The number of aromatic nitrogens is 2. The third kappa shape index (κ3) is 11.2. The topological polar surface area (TPSA) is 149 Å². The highest BCUT2D eigenvalue weighted by Gasteiger charge is 2.43. The van der Waals surface area contributed by atoms with Gasteiger partial charge in [-0.3, -0.25) is 29.5 Å². The second-order valence-electron chi connectivity index (χ2n) is 13.8. The van der Waals surface area contributed by atoms with E-state index >= 15 is 0 Å². The summed E-state index contributed by atoms with van der Waals surface area (Å²) in [6, 6.07) is 15.3. The zero-order chi connectivity index (χ0) is 36.5. The Morgan fingerprint density at radius 2 is 1.56 bits per heavy atom. The summed E-state index contributed by atoms with van der Waals surface area (Å²) in [6.07, 6.45) is 3.85. The summed E-state index contributed by atoms with van der Waals surface area (Å²) in [7, 11) is 5.14. The number of amides is 3. The van der Waals surface area contributed by atoms with Crippen LogP contribution >= 0.6 is 0 Å². The maximum atomic E-state index is 13.1. The fraction of sp³-hybridized carbons (Fsp3) is 0.486. The molecule has 1 aliphatic rings. The number of hydrogen-bond acceptors (Lipinski definition) is 9. The number of carbonyl (C=O) groups is 4. The van der Waals surface area contributed by atoms with Crippen LogP contribution in [0.25, 0.3) is 22.4 Å². The molecule has 3 N–H and O–H groups in total. The van der Waals surface area contributed by atoms with Gasteiger partial charge in [-0.2, -0.15) is 0 Å². The number of nitrogens with zero attached hydrogens (tertiary/aromatic N) is 4. The van der Waals surface area contributed by atoms with E-state index in [-0.39, 0.29) is 32.1 Å². The highest BCUT2D eigenvalue weighted by atomic mass is 16.6. The first-order valence-corrected chi connectivity index (χ1v) is 17.0. The average Bonchev–Trinajstić information content (AvgIpc) is 3.73. The number of nitrogens with one attached hydrogen (secondary N) is 3. The number of hydrogen-bond donors (Lipinski definition) is 3. The van der Waals surface area contributed by atoms with Crippen molar-refractivity contribution in [2.45, 2.75) is 64.8 Å². The van der Waals surface area contributed by atoms with E-state index in [0.717, 1.165) is 60.6 Å². The van der Waals surface area contributed by atoms with E-state index in [4.69, 9.17) is 9.47 Å². The van der Waals surface area contributed by atoms with Gasteiger partial charge >= 0.3 is 6.09 Å². The summed E-state index contributed by atoms with van der Waals surface area (Å²) in [6.45, 7) is 8.29. The molecule has 0 radical (unpaired) electrons. The lowest BCUT2D eigenvalue weighted by Gasteiger charge is -2.30. The predicted molar refractivity (Wildman–Crippen MR) is 191 cm³/mol. The fourth-order valence-electron chi connectivity index (χ4n) is 5.29. The van der Waals surface area contributed by atoms with Gasteiger partial charge in [0.15, 0.2) is 5.78 Å². The van der Waals surface area contributed by atoms with Crippen LogP contribution < -0.4 is 10.6 Å². The van der Waals surface area contributed by atoms with Crippen molar-refractivity contribution in [3.05, 3.63) is 66.1 Å². The largest absolute Gasteiger partial charge is 0.444 e. The third-order valence-electron chi connectivity index (χ3n) is 8.27. The monoisotopic (exact) mass is 689 g/mol. The highest BCUT2D eigenvalue weighted by Crippen LogP contribution is 2.35. The molecule has 13 heteroatoms. The number of benzene rings is 2.